The van der Waals surface area contributed by atoms with Gasteiger partial charge in [0.05, 0.1) is 24.5 Å². The van der Waals surface area contributed by atoms with Crippen molar-refractivity contribution >= 4 is 5.82 Å². The van der Waals surface area contributed by atoms with Crippen LogP contribution in [0.25, 0.3) is 5.69 Å². The van der Waals surface area contributed by atoms with Gasteiger partial charge in [0.25, 0.3) is 0 Å². The number of para-hydroxylation sites is 1. The van der Waals surface area contributed by atoms with E-state index in [1.54, 1.807) is 0 Å². The van der Waals surface area contributed by atoms with E-state index in [1.807, 2.05) is 66.7 Å². The summed E-state index contributed by atoms with van der Waals surface area (Å²) in [6.07, 6.45) is 2.02. The molecule has 0 aliphatic heterocycles. The summed E-state index contributed by atoms with van der Waals surface area (Å²) in [5.41, 5.74) is 5.34. The number of aryl methyl sites for hydroxylation is 2. The maximum absolute atomic E-state index is 9.11. The van der Waals surface area contributed by atoms with Gasteiger partial charge in [-0.15, -0.1) is 0 Å². The molecule has 0 amide bonds. The number of hydrogen-bond donors (Lipinski definition) is 2. The summed E-state index contributed by atoms with van der Waals surface area (Å²) in [7, 11) is 0. The van der Waals surface area contributed by atoms with Gasteiger partial charge in [0.2, 0.25) is 0 Å². The largest absolute Gasteiger partial charge is 0.394 e. The second-order valence-electron chi connectivity index (χ2n) is 5.89. The first kappa shape index (κ1) is 16.3. The predicted octanol–water partition coefficient (Wildman–Crippen LogP) is 2.60. The third-order valence-electron chi connectivity index (χ3n) is 4.19. The Labute approximate surface area is 141 Å². The lowest BCUT2D eigenvalue weighted by Gasteiger charge is -2.06. The molecule has 0 saturated carbocycles. The maximum atomic E-state index is 9.11. The van der Waals surface area contributed by atoms with Gasteiger partial charge < -0.3 is 10.4 Å². The van der Waals surface area contributed by atoms with Crippen molar-refractivity contribution in [3.05, 3.63) is 59.0 Å². The van der Waals surface area contributed by atoms with Crippen molar-refractivity contribution in [2.24, 2.45) is 0 Å². The Hall–Kier alpha value is -2.60. The minimum atomic E-state index is 0.0927. The van der Waals surface area contributed by atoms with Gasteiger partial charge >= 0.3 is 0 Å². The molecule has 0 aliphatic carbocycles. The average Bonchev–Trinajstić information content (AvgIpc) is 3.08. The highest BCUT2D eigenvalue weighted by molar-refractivity contribution is 5.46. The van der Waals surface area contributed by atoms with Crippen LogP contribution in [-0.2, 0) is 13.1 Å². The van der Waals surface area contributed by atoms with Gasteiger partial charge in [-0.3, -0.25) is 4.68 Å². The summed E-state index contributed by atoms with van der Waals surface area (Å²) in [6, 6.07) is 10.1. The molecule has 0 spiro atoms. The van der Waals surface area contributed by atoms with Crippen LogP contribution in [-0.4, -0.2) is 31.3 Å². The number of aliphatic hydroxyl groups is 1. The van der Waals surface area contributed by atoms with Crippen molar-refractivity contribution in [3.63, 3.8) is 0 Å². The number of aliphatic hydroxyl groups excluding tert-OH is 1. The van der Waals surface area contributed by atoms with Crippen LogP contribution in [0.15, 0.2) is 36.5 Å². The van der Waals surface area contributed by atoms with Crippen LogP contribution in [0.2, 0.25) is 0 Å². The van der Waals surface area contributed by atoms with Gasteiger partial charge in [-0.1, -0.05) is 18.2 Å². The van der Waals surface area contributed by atoms with Gasteiger partial charge in [-0.2, -0.15) is 10.2 Å². The molecule has 24 heavy (non-hydrogen) atoms. The molecule has 3 rings (SSSR count). The van der Waals surface area contributed by atoms with Gasteiger partial charge in [0, 0.05) is 29.6 Å². The Morgan fingerprint density at radius 3 is 2.54 bits per heavy atom. The molecule has 2 aromatic heterocycles. The fraction of sp³-hybridized carbons (Fsp3) is 0.333. The van der Waals surface area contributed by atoms with Crippen LogP contribution < -0.4 is 5.32 Å². The number of hydrogen-bond acceptors (Lipinski definition) is 4. The molecule has 6 heteroatoms. The highest BCUT2D eigenvalue weighted by Gasteiger charge is 2.12. The predicted molar refractivity (Wildman–Crippen MR) is 94.4 cm³/mol. The van der Waals surface area contributed by atoms with E-state index < -0.39 is 0 Å². The van der Waals surface area contributed by atoms with E-state index in [1.165, 1.54) is 0 Å². The summed E-state index contributed by atoms with van der Waals surface area (Å²) >= 11 is 0. The first-order valence-corrected chi connectivity index (χ1v) is 8.09. The summed E-state index contributed by atoms with van der Waals surface area (Å²) in [6.45, 7) is 7.35. The molecular weight excluding hydrogens is 302 g/mol. The van der Waals surface area contributed by atoms with Crippen LogP contribution >= 0.6 is 0 Å². The van der Waals surface area contributed by atoms with Crippen molar-refractivity contribution < 1.29 is 5.11 Å². The van der Waals surface area contributed by atoms with Crippen LogP contribution in [0.5, 0.6) is 0 Å². The highest BCUT2D eigenvalue weighted by Crippen LogP contribution is 2.19. The molecule has 2 N–H and O–H groups in total. The number of benzene rings is 1. The molecule has 0 saturated heterocycles. The van der Waals surface area contributed by atoms with Crippen molar-refractivity contribution in [1.82, 2.24) is 19.6 Å². The first-order chi connectivity index (χ1) is 11.6. The number of anilines is 1. The van der Waals surface area contributed by atoms with Crippen molar-refractivity contribution in [3.8, 4) is 5.69 Å². The maximum Gasteiger partial charge on any atom is 0.151 e. The highest BCUT2D eigenvalue weighted by atomic mass is 16.3. The van der Waals surface area contributed by atoms with Gasteiger partial charge in [-0.25, -0.2) is 4.68 Å². The minimum Gasteiger partial charge on any atom is -0.394 e. The normalized spacial score (nSPS) is 11.0. The Kier molecular flexibility index (Phi) is 4.66. The average molecular weight is 325 g/mol. The minimum absolute atomic E-state index is 0.0927. The molecule has 0 radical (unpaired) electrons. The van der Waals surface area contributed by atoms with E-state index >= 15 is 0 Å². The lowest BCUT2D eigenvalue weighted by molar-refractivity contribution is 0.268. The SMILES string of the molecule is Cc1cn(-c2ccccc2)nc1NCc1c(C)nn(CCO)c1C. The quantitative estimate of drug-likeness (QED) is 0.731. The molecular formula is C18H23N5O. The third-order valence-corrected chi connectivity index (χ3v) is 4.19. The fourth-order valence-electron chi connectivity index (χ4n) is 2.82. The molecule has 126 valence electrons. The van der Waals surface area contributed by atoms with E-state index in [0.29, 0.717) is 13.1 Å². The van der Waals surface area contributed by atoms with E-state index in [9.17, 15) is 0 Å². The molecule has 0 aliphatic rings. The standard InChI is InChI=1S/C18H23N5O/c1-13-12-23(16-7-5-4-6-8-16)21-18(13)19-11-17-14(2)20-22(9-10-24)15(17)3/h4-8,12,24H,9-11H2,1-3H3,(H,19,21). The molecule has 0 unspecified atom stereocenters. The third kappa shape index (κ3) is 3.19. The lowest BCUT2D eigenvalue weighted by Crippen LogP contribution is -2.07. The molecule has 0 atom stereocenters. The molecule has 0 fully saturated rings. The molecule has 2 heterocycles. The molecule has 1 aromatic carbocycles. The van der Waals surface area contributed by atoms with Crippen LogP contribution in [0.4, 0.5) is 5.82 Å². The van der Waals surface area contributed by atoms with Gasteiger partial charge in [0.1, 0.15) is 0 Å². The van der Waals surface area contributed by atoms with Gasteiger partial charge in [0.15, 0.2) is 5.82 Å². The van der Waals surface area contributed by atoms with E-state index in [4.69, 9.17) is 5.11 Å². The zero-order chi connectivity index (χ0) is 17.1. The zero-order valence-electron chi connectivity index (χ0n) is 14.3. The number of nitrogens with zero attached hydrogens (tertiary/aromatic N) is 4. The second-order valence-corrected chi connectivity index (χ2v) is 5.89. The Morgan fingerprint density at radius 1 is 1.08 bits per heavy atom. The molecule has 6 nitrogen and oxygen atoms in total. The Balaban J connectivity index is 1.77. The topological polar surface area (TPSA) is 67.9 Å². The zero-order valence-corrected chi connectivity index (χ0v) is 14.3. The smallest absolute Gasteiger partial charge is 0.151 e. The van der Waals surface area contributed by atoms with Crippen LogP contribution in [0.1, 0.15) is 22.5 Å². The number of rotatable bonds is 6. The van der Waals surface area contributed by atoms with Crippen LogP contribution in [0, 0.1) is 20.8 Å². The Bertz CT molecular complexity index is 820. The Morgan fingerprint density at radius 2 is 1.83 bits per heavy atom. The monoisotopic (exact) mass is 325 g/mol. The summed E-state index contributed by atoms with van der Waals surface area (Å²) in [5, 5.41) is 21.6. The molecule has 0 bridgehead atoms. The molecule has 3 aromatic rings. The fourth-order valence-corrected chi connectivity index (χ4v) is 2.82. The van der Waals surface area contributed by atoms with E-state index in [-0.39, 0.29) is 6.61 Å². The first-order valence-electron chi connectivity index (χ1n) is 8.09. The van der Waals surface area contributed by atoms with Crippen molar-refractivity contribution in [1.29, 1.82) is 0 Å². The number of nitrogens with one attached hydrogen (secondary N) is 1. The summed E-state index contributed by atoms with van der Waals surface area (Å²) in [5.74, 6) is 0.868. The van der Waals surface area contributed by atoms with E-state index in [2.05, 4.69) is 15.5 Å². The number of aromatic nitrogens is 4. The van der Waals surface area contributed by atoms with E-state index in [0.717, 1.165) is 34.0 Å². The second kappa shape index (κ2) is 6.88. The van der Waals surface area contributed by atoms with Crippen LogP contribution in [0.3, 0.4) is 0 Å². The van der Waals surface area contributed by atoms with Crippen molar-refractivity contribution in [2.75, 3.05) is 11.9 Å². The summed E-state index contributed by atoms with van der Waals surface area (Å²) in [4.78, 5) is 0. The summed E-state index contributed by atoms with van der Waals surface area (Å²) < 4.78 is 3.73. The lowest BCUT2D eigenvalue weighted by atomic mass is 10.2. The van der Waals surface area contributed by atoms with Gasteiger partial charge in [-0.05, 0) is 32.9 Å². The van der Waals surface area contributed by atoms with Crippen molar-refractivity contribution in [2.45, 2.75) is 33.9 Å².